The minimum absolute atomic E-state index is 0. The van der Waals surface area contributed by atoms with Crippen molar-refractivity contribution in [2.24, 2.45) is 0 Å². The van der Waals surface area contributed by atoms with Gasteiger partial charge in [-0.2, -0.15) is 0 Å². The molecule has 78 valence electrons. The molecule has 0 bridgehead atoms. The molecular weight excluding hydrogens is 226 g/mol. The van der Waals surface area contributed by atoms with E-state index in [-0.39, 0.29) is 12.4 Å². The van der Waals surface area contributed by atoms with Crippen molar-refractivity contribution in [3.05, 3.63) is 54.6 Å². The van der Waals surface area contributed by atoms with E-state index in [0.717, 1.165) is 5.69 Å². The predicted molar refractivity (Wildman–Crippen MR) is 68.7 cm³/mol. The largest absolute Gasteiger partial charge is 0.399 e. The normalized spacial score (nSPS) is 9.33. The van der Waals surface area contributed by atoms with Crippen LogP contribution in [-0.4, -0.2) is 0 Å². The molecule has 0 heterocycles. The van der Waals surface area contributed by atoms with Crippen molar-refractivity contribution >= 4 is 29.9 Å². The Morgan fingerprint density at radius 1 is 0.800 bits per heavy atom. The summed E-state index contributed by atoms with van der Waals surface area (Å²) in [7, 11) is 0. The van der Waals surface area contributed by atoms with E-state index in [4.69, 9.17) is 5.73 Å². The molecule has 0 aliphatic carbocycles. The van der Waals surface area contributed by atoms with Crippen molar-refractivity contribution in [2.75, 3.05) is 5.73 Å². The van der Waals surface area contributed by atoms with Crippen molar-refractivity contribution < 1.29 is 0 Å². The molecule has 0 aliphatic heterocycles. The van der Waals surface area contributed by atoms with Crippen LogP contribution in [0.25, 0.3) is 0 Å². The molecule has 2 aromatic rings. The first-order chi connectivity index (χ1) is 6.84. The number of nitrogens with two attached hydrogens (primary N) is 1. The molecule has 0 saturated carbocycles. The zero-order valence-electron chi connectivity index (χ0n) is 8.09. The van der Waals surface area contributed by atoms with Crippen LogP contribution in [0.15, 0.2) is 64.4 Å². The number of hydrogen-bond acceptors (Lipinski definition) is 2. The first-order valence-electron chi connectivity index (χ1n) is 4.43. The minimum atomic E-state index is 0. The molecule has 0 amide bonds. The maximum Gasteiger partial charge on any atom is 0.0325 e. The highest BCUT2D eigenvalue weighted by molar-refractivity contribution is 7.99. The van der Waals surface area contributed by atoms with Gasteiger partial charge in [0.15, 0.2) is 0 Å². The van der Waals surface area contributed by atoms with Crippen LogP contribution in [0.5, 0.6) is 0 Å². The van der Waals surface area contributed by atoms with Crippen LogP contribution in [0.3, 0.4) is 0 Å². The highest BCUT2D eigenvalue weighted by Crippen LogP contribution is 2.28. The summed E-state index contributed by atoms with van der Waals surface area (Å²) in [4.78, 5) is 2.41. The lowest BCUT2D eigenvalue weighted by Crippen LogP contribution is -1.83. The zero-order chi connectivity index (χ0) is 9.80. The Hall–Kier alpha value is -1.12. The summed E-state index contributed by atoms with van der Waals surface area (Å²) in [6.07, 6.45) is 0. The molecule has 0 atom stereocenters. The first-order valence-corrected chi connectivity index (χ1v) is 5.25. The van der Waals surface area contributed by atoms with Gasteiger partial charge in [-0.05, 0) is 30.3 Å². The van der Waals surface area contributed by atoms with Gasteiger partial charge in [0.25, 0.3) is 0 Å². The van der Waals surface area contributed by atoms with Crippen LogP contribution in [-0.2, 0) is 0 Å². The number of nitrogen functional groups attached to an aromatic ring is 1. The lowest BCUT2D eigenvalue weighted by molar-refractivity contribution is 1.41. The second-order valence-electron chi connectivity index (χ2n) is 2.99. The number of hydrogen-bond donors (Lipinski definition) is 1. The highest BCUT2D eigenvalue weighted by Gasteiger charge is 1.95. The van der Waals surface area contributed by atoms with Crippen LogP contribution in [0.1, 0.15) is 0 Å². The monoisotopic (exact) mass is 237 g/mol. The molecule has 0 aromatic heterocycles. The van der Waals surface area contributed by atoms with E-state index in [9.17, 15) is 0 Å². The first kappa shape index (κ1) is 12.0. The summed E-state index contributed by atoms with van der Waals surface area (Å²) in [5.74, 6) is 0. The molecule has 1 nitrogen and oxygen atoms in total. The average molecular weight is 238 g/mol. The van der Waals surface area contributed by atoms with Gasteiger partial charge in [0.2, 0.25) is 0 Å². The van der Waals surface area contributed by atoms with Gasteiger partial charge in [0.1, 0.15) is 0 Å². The Bertz CT molecular complexity index is 417. The SMILES string of the molecule is Cl.Nc1cccc(Sc2ccccc2)c1. The van der Waals surface area contributed by atoms with E-state index in [0.29, 0.717) is 0 Å². The van der Waals surface area contributed by atoms with E-state index in [1.807, 2.05) is 36.4 Å². The number of rotatable bonds is 2. The standard InChI is InChI=1S/C12H11NS.ClH/c13-10-5-4-8-12(9-10)14-11-6-2-1-3-7-11;/h1-9H,13H2;1H. The smallest absolute Gasteiger partial charge is 0.0325 e. The lowest BCUT2D eigenvalue weighted by atomic mass is 10.3. The van der Waals surface area contributed by atoms with Crippen LogP contribution in [0.4, 0.5) is 5.69 Å². The predicted octanol–water partition coefficient (Wildman–Crippen LogP) is 3.84. The van der Waals surface area contributed by atoms with Crippen LogP contribution >= 0.6 is 24.2 Å². The molecule has 0 unspecified atom stereocenters. The maximum absolute atomic E-state index is 5.70. The summed E-state index contributed by atoms with van der Waals surface area (Å²) >= 11 is 1.72. The summed E-state index contributed by atoms with van der Waals surface area (Å²) in [5.41, 5.74) is 6.51. The van der Waals surface area contributed by atoms with Gasteiger partial charge in [0, 0.05) is 15.5 Å². The third-order valence-electron chi connectivity index (χ3n) is 1.84. The van der Waals surface area contributed by atoms with Gasteiger partial charge in [-0.25, -0.2) is 0 Å². The third kappa shape index (κ3) is 3.50. The van der Waals surface area contributed by atoms with Gasteiger partial charge in [-0.3, -0.25) is 0 Å². The Balaban J connectivity index is 0.00000112. The maximum atomic E-state index is 5.70. The second kappa shape index (κ2) is 5.69. The Kier molecular flexibility index (Phi) is 4.53. The summed E-state index contributed by atoms with van der Waals surface area (Å²) < 4.78 is 0. The van der Waals surface area contributed by atoms with E-state index >= 15 is 0 Å². The summed E-state index contributed by atoms with van der Waals surface area (Å²) in [5, 5.41) is 0. The average Bonchev–Trinajstić information content (AvgIpc) is 2.19. The Morgan fingerprint density at radius 3 is 2.13 bits per heavy atom. The van der Waals surface area contributed by atoms with Crippen LogP contribution in [0.2, 0.25) is 0 Å². The van der Waals surface area contributed by atoms with Crippen molar-refractivity contribution in [1.29, 1.82) is 0 Å². The molecular formula is C12H12ClNS. The van der Waals surface area contributed by atoms with Gasteiger partial charge in [-0.1, -0.05) is 36.0 Å². The van der Waals surface area contributed by atoms with Crippen molar-refractivity contribution in [3.63, 3.8) is 0 Å². The molecule has 0 spiro atoms. The van der Waals surface area contributed by atoms with Gasteiger partial charge in [-0.15, -0.1) is 12.4 Å². The molecule has 0 fully saturated rings. The second-order valence-corrected chi connectivity index (χ2v) is 4.13. The van der Waals surface area contributed by atoms with E-state index < -0.39 is 0 Å². The molecule has 2 aromatic carbocycles. The Labute approximate surface area is 100 Å². The van der Waals surface area contributed by atoms with Crippen molar-refractivity contribution in [1.82, 2.24) is 0 Å². The topological polar surface area (TPSA) is 26.0 Å². The molecule has 0 radical (unpaired) electrons. The fourth-order valence-corrected chi connectivity index (χ4v) is 2.11. The number of benzene rings is 2. The van der Waals surface area contributed by atoms with Crippen LogP contribution < -0.4 is 5.73 Å². The fourth-order valence-electron chi connectivity index (χ4n) is 1.20. The van der Waals surface area contributed by atoms with E-state index in [1.165, 1.54) is 9.79 Å². The quantitative estimate of drug-likeness (QED) is 0.804. The highest BCUT2D eigenvalue weighted by atomic mass is 35.5. The lowest BCUT2D eigenvalue weighted by Gasteiger charge is -2.01. The summed E-state index contributed by atoms with van der Waals surface area (Å²) in [6, 6.07) is 18.2. The minimum Gasteiger partial charge on any atom is -0.399 e. The molecule has 3 heteroatoms. The van der Waals surface area contributed by atoms with E-state index in [2.05, 4.69) is 18.2 Å². The fraction of sp³-hybridized carbons (Fsp3) is 0. The summed E-state index contributed by atoms with van der Waals surface area (Å²) in [6.45, 7) is 0. The van der Waals surface area contributed by atoms with Gasteiger partial charge < -0.3 is 5.73 Å². The number of anilines is 1. The third-order valence-corrected chi connectivity index (χ3v) is 2.83. The molecule has 2 N–H and O–H groups in total. The molecule has 0 saturated heterocycles. The van der Waals surface area contributed by atoms with E-state index in [1.54, 1.807) is 11.8 Å². The zero-order valence-corrected chi connectivity index (χ0v) is 9.72. The van der Waals surface area contributed by atoms with Gasteiger partial charge >= 0.3 is 0 Å². The molecule has 0 aliphatic rings. The van der Waals surface area contributed by atoms with Crippen molar-refractivity contribution in [3.8, 4) is 0 Å². The molecule has 2 rings (SSSR count). The van der Waals surface area contributed by atoms with Crippen LogP contribution in [0, 0.1) is 0 Å². The molecule has 15 heavy (non-hydrogen) atoms. The Morgan fingerprint density at radius 2 is 1.47 bits per heavy atom. The number of halogens is 1. The van der Waals surface area contributed by atoms with Gasteiger partial charge in [0.05, 0.1) is 0 Å². The van der Waals surface area contributed by atoms with Crippen molar-refractivity contribution in [2.45, 2.75) is 9.79 Å².